The van der Waals surface area contributed by atoms with Crippen LogP contribution >= 0.6 is 0 Å². The molecule has 0 saturated heterocycles. The van der Waals surface area contributed by atoms with Gasteiger partial charge in [0.25, 0.3) is 5.91 Å². The minimum Gasteiger partial charge on any atom is -0.511 e. The highest BCUT2D eigenvalue weighted by molar-refractivity contribution is 6.25. The van der Waals surface area contributed by atoms with Crippen LogP contribution in [0, 0.1) is 18.8 Å². The number of rotatable bonds is 2. The number of phenolic OH excluding ortho intramolecular Hbond substituents is 1. The molecule has 1 amide bonds. The highest BCUT2D eigenvalue weighted by Gasteiger charge is 2.63. The summed E-state index contributed by atoms with van der Waals surface area (Å²) in [6.45, 7) is 1.91. The van der Waals surface area contributed by atoms with E-state index in [0.717, 1.165) is 5.56 Å². The Morgan fingerprint density at radius 3 is 2.39 bits per heavy atom. The molecule has 36 heavy (non-hydrogen) atoms. The van der Waals surface area contributed by atoms with E-state index in [9.17, 15) is 39.9 Å². The van der Waals surface area contributed by atoms with E-state index in [0.29, 0.717) is 16.7 Å². The number of aliphatic hydroxyl groups excluding tert-OH is 3. The third-order valence-corrected chi connectivity index (χ3v) is 7.30. The van der Waals surface area contributed by atoms with E-state index in [4.69, 9.17) is 5.73 Å². The van der Waals surface area contributed by atoms with Gasteiger partial charge in [-0.1, -0.05) is 48.0 Å². The molecule has 0 aliphatic heterocycles. The van der Waals surface area contributed by atoms with Crippen LogP contribution in [-0.4, -0.2) is 54.7 Å². The summed E-state index contributed by atoms with van der Waals surface area (Å²) in [7, 11) is 0. The molecule has 0 heterocycles. The average molecular weight is 489 g/mol. The van der Waals surface area contributed by atoms with E-state index in [2.05, 4.69) is 0 Å². The first-order valence-corrected chi connectivity index (χ1v) is 11.2. The summed E-state index contributed by atoms with van der Waals surface area (Å²) >= 11 is 0. The van der Waals surface area contributed by atoms with E-state index >= 15 is 0 Å². The smallest absolute Gasteiger partial charge is 0.255 e. The maximum atomic E-state index is 13.6. The van der Waals surface area contributed by atoms with Gasteiger partial charge in [-0.15, -0.1) is 0 Å². The number of benzene rings is 2. The Balaban J connectivity index is 1.82. The topological polar surface area (TPSA) is 178 Å². The van der Waals surface area contributed by atoms with E-state index in [1.54, 1.807) is 12.1 Å². The molecular formula is C27H23NO8. The second-order valence-corrected chi connectivity index (χ2v) is 9.36. The minimum atomic E-state index is -2.88. The summed E-state index contributed by atoms with van der Waals surface area (Å²) in [6, 6.07) is 11.8. The lowest BCUT2D eigenvalue weighted by Gasteiger charge is -2.49. The lowest BCUT2D eigenvalue weighted by Crippen LogP contribution is -2.62. The number of aryl methyl sites for hydroxylation is 1. The second kappa shape index (κ2) is 7.91. The van der Waals surface area contributed by atoms with Gasteiger partial charge in [0.15, 0.2) is 11.4 Å². The van der Waals surface area contributed by atoms with Crippen molar-refractivity contribution in [2.75, 3.05) is 0 Å². The second-order valence-electron chi connectivity index (χ2n) is 9.36. The predicted molar refractivity (Wildman–Crippen MR) is 128 cm³/mol. The summed E-state index contributed by atoms with van der Waals surface area (Å²) in [6.07, 6.45) is -0.503. The number of nitrogens with two attached hydrogens (primary N) is 1. The van der Waals surface area contributed by atoms with E-state index in [-0.39, 0.29) is 11.3 Å². The maximum absolute atomic E-state index is 13.6. The number of Topliss-reactive ketones (excluding diaryl/α,β-unsaturated/α-hetero) is 2. The Morgan fingerprint density at radius 2 is 1.75 bits per heavy atom. The lowest BCUT2D eigenvalue weighted by molar-refractivity contribution is -0.152. The summed E-state index contributed by atoms with van der Waals surface area (Å²) in [4.78, 5) is 38.5. The van der Waals surface area contributed by atoms with Crippen molar-refractivity contribution >= 4 is 29.1 Å². The largest absolute Gasteiger partial charge is 0.511 e. The fraction of sp³-hybridized carbons (Fsp3) is 0.222. The molecule has 5 rings (SSSR count). The average Bonchev–Trinajstić information content (AvgIpc) is 2.82. The van der Waals surface area contributed by atoms with Crippen molar-refractivity contribution in [3.05, 3.63) is 87.4 Å². The zero-order chi connectivity index (χ0) is 26.1. The number of carbonyl (C=O) groups is 3. The highest BCUT2D eigenvalue weighted by Crippen LogP contribution is 2.55. The number of allylic oxidation sites excluding steroid dienone is 1. The molecule has 184 valence electrons. The molecule has 2 aromatic rings. The number of carbonyl (C=O) groups excluding carboxylic acids is 3. The zero-order valence-corrected chi connectivity index (χ0v) is 19.1. The summed E-state index contributed by atoms with van der Waals surface area (Å²) < 4.78 is 0. The molecule has 4 atom stereocenters. The summed E-state index contributed by atoms with van der Waals surface area (Å²) in [5, 5.41) is 55.0. The SMILES string of the molecule is Cc1ccc(/C=C2\c3cccc(O)c3C(=O)C3=C(O)[C@]4(O)C(=O)C(C(N)=O)=C(O)C[C@@H]4[C@@H](O)[C@@H]32)cc1. The van der Waals surface area contributed by atoms with Gasteiger partial charge in [0, 0.05) is 18.3 Å². The van der Waals surface area contributed by atoms with Crippen LogP contribution < -0.4 is 5.73 Å². The van der Waals surface area contributed by atoms with Crippen molar-refractivity contribution in [1.29, 1.82) is 0 Å². The van der Waals surface area contributed by atoms with Crippen LogP contribution in [0.4, 0.5) is 0 Å². The van der Waals surface area contributed by atoms with Crippen molar-refractivity contribution in [1.82, 2.24) is 0 Å². The fourth-order valence-corrected chi connectivity index (χ4v) is 5.53. The molecule has 9 heteroatoms. The molecule has 3 aliphatic rings. The van der Waals surface area contributed by atoms with Gasteiger partial charge in [0.2, 0.25) is 5.78 Å². The Labute approximate surface area is 205 Å². The molecule has 0 spiro atoms. The number of hydrogen-bond acceptors (Lipinski definition) is 8. The van der Waals surface area contributed by atoms with E-state index < -0.39 is 70.1 Å². The number of aromatic hydroxyl groups is 1. The third-order valence-electron chi connectivity index (χ3n) is 7.30. The Bertz CT molecular complexity index is 1450. The van der Waals surface area contributed by atoms with Crippen LogP contribution in [0.3, 0.4) is 0 Å². The number of phenols is 1. The Morgan fingerprint density at radius 1 is 1.08 bits per heavy atom. The molecule has 0 radical (unpaired) electrons. The molecule has 9 nitrogen and oxygen atoms in total. The Hall–Kier alpha value is -4.21. The van der Waals surface area contributed by atoms with Crippen molar-refractivity contribution in [2.45, 2.75) is 25.0 Å². The first kappa shape index (κ1) is 23.5. The number of amides is 1. The van der Waals surface area contributed by atoms with Crippen LogP contribution in [0.5, 0.6) is 5.75 Å². The minimum absolute atomic E-state index is 0.167. The first-order chi connectivity index (χ1) is 17.0. The van der Waals surface area contributed by atoms with Gasteiger partial charge in [0.05, 0.1) is 17.2 Å². The van der Waals surface area contributed by atoms with Crippen molar-refractivity contribution in [3.8, 4) is 5.75 Å². The number of hydrogen-bond donors (Lipinski definition) is 6. The molecule has 0 fully saturated rings. The van der Waals surface area contributed by atoms with Crippen molar-refractivity contribution in [2.24, 2.45) is 17.6 Å². The predicted octanol–water partition coefficient (Wildman–Crippen LogP) is 1.86. The van der Waals surface area contributed by atoms with Crippen LogP contribution in [0.25, 0.3) is 11.6 Å². The Kier molecular flexibility index (Phi) is 5.17. The molecular weight excluding hydrogens is 466 g/mol. The normalized spacial score (nSPS) is 28.6. The fourth-order valence-electron chi connectivity index (χ4n) is 5.53. The summed E-state index contributed by atoms with van der Waals surface area (Å²) in [5.74, 6) is -8.48. The van der Waals surface area contributed by atoms with E-state index in [1.807, 2.05) is 31.2 Å². The highest BCUT2D eigenvalue weighted by atomic mass is 16.4. The standard InChI is InChI=1S/C27H23NO8/c1-11-5-7-12(8-6-11)9-14-13-3-2-4-16(29)18(13)23(32)21-19(14)22(31)15-10-17(30)20(26(28)35)24(33)27(15,36)25(21)34/h2-9,15,19,22,29-31,34,36H,10H2,1H3,(H2,28,35)/b14-9+/t15-,19-,22-,27-/m1/s1. The quantitative estimate of drug-likeness (QED) is 0.346. The van der Waals surface area contributed by atoms with Gasteiger partial charge in [-0.05, 0) is 29.7 Å². The zero-order valence-electron chi connectivity index (χ0n) is 19.1. The van der Waals surface area contributed by atoms with Crippen LogP contribution in [-0.2, 0) is 9.59 Å². The number of ketones is 2. The van der Waals surface area contributed by atoms with Gasteiger partial charge < -0.3 is 31.3 Å². The molecule has 0 unspecified atom stereocenters. The molecule has 7 N–H and O–H groups in total. The van der Waals surface area contributed by atoms with Gasteiger partial charge in [-0.2, -0.15) is 0 Å². The summed E-state index contributed by atoms with van der Waals surface area (Å²) in [5.41, 5.74) is 3.15. The first-order valence-electron chi connectivity index (χ1n) is 11.2. The monoisotopic (exact) mass is 489 g/mol. The number of fused-ring (bicyclic) bond motifs is 3. The van der Waals surface area contributed by atoms with Crippen molar-refractivity contribution < 1.29 is 39.9 Å². The maximum Gasteiger partial charge on any atom is 0.255 e. The molecule has 0 aromatic heterocycles. The van der Waals surface area contributed by atoms with Crippen LogP contribution in [0.1, 0.15) is 33.5 Å². The van der Waals surface area contributed by atoms with Gasteiger partial charge in [-0.25, -0.2) is 0 Å². The van der Waals surface area contributed by atoms with Gasteiger partial charge in [0.1, 0.15) is 22.8 Å². The van der Waals surface area contributed by atoms with Crippen molar-refractivity contribution in [3.63, 3.8) is 0 Å². The van der Waals surface area contributed by atoms with Crippen LogP contribution in [0.2, 0.25) is 0 Å². The molecule has 2 aromatic carbocycles. The lowest BCUT2D eigenvalue weighted by atomic mass is 9.57. The third kappa shape index (κ3) is 3.06. The number of primary amides is 1. The molecule has 0 saturated carbocycles. The number of aliphatic hydroxyl groups is 4. The van der Waals surface area contributed by atoms with E-state index in [1.165, 1.54) is 12.1 Å². The van der Waals surface area contributed by atoms with Gasteiger partial charge >= 0.3 is 0 Å². The molecule has 0 bridgehead atoms. The van der Waals surface area contributed by atoms with Crippen LogP contribution in [0.15, 0.2) is 65.1 Å². The molecule has 3 aliphatic carbocycles. The van der Waals surface area contributed by atoms with Gasteiger partial charge in [-0.3, -0.25) is 14.4 Å².